The van der Waals surface area contributed by atoms with Crippen molar-refractivity contribution in [1.29, 1.82) is 0 Å². The van der Waals surface area contributed by atoms with Gasteiger partial charge in [-0.05, 0) is 61.9 Å². The van der Waals surface area contributed by atoms with E-state index < -0.39 is 0 Å². The van der Waals surface area contributed by atoms with Crippen molar-refractivity contribution in [3.63, 3.8) is 0 Å². The lowest BCUT2D eigenvalue weighted by Gasteiger charge is -2.19. The van der Waals surface area contributed by atoms with Gasteiger partial charge in [-0.2, -0.15) is 0 Å². The van der Waals surface area contributed by atoms with Crippen LogP contribution in [0.5, 0.6) is 5.75 Å². The Morgan fingerprint density at radius 3 is 2.87 bits per heavy atom. The molecular formula is C23H23N5O3. The van der Waals surface area contributed by atoms with Crippen molar-refractivity contribution < 1.29 is 13.9 Å². The number of fused-ring (bicyclic) bond motifs is 1. The highest BCUT2D eigenvalue weighted by Gasteiger charge is 2.31. The summed E-state index contributed by atoms with van der Waals surface area (Å²) in [5.74, 6) is 2.21. The van der Waals surface area contributed by atoms with E-state index in [0.717, 1.165) is 34.8 Å². The molecule has 1 N–H and O–H groups in total. The second-order valence-corrected chi connectivity index (χ2v) is 7.40. The number of hydrogen-bond donors (Lipinski definition) is 1. The summed E-state index contributed by atoms with van der Waals surface area (Å²) in [5.41, 5.74) is 2.35. The van der Waals surface area contributed by atoms with Crippen LogP contribution in [0, 0.1) is 0 Å². The van der Waals surface area contributed by atoms with Crippen LogP contribution in [0.15, 0.2) is 65.4 Å². The minimum atomic E-state index is -0.122. The van der Waals surface area contributed by atoms with Gasteiger partial charge >= 0.3 is 6.03 Å². The maximum absolute atomic E-state index is 12.8. The van der Waals surface area contributed by atoms with Gasteiger partial charge in [-0.15, -0.1) is 0 Å². The molecule has 0 radical (unpaired) electrons. The number of anilines is 1. The Morgan fingerprint density at radius 2 is 2.10 bits per heavy atom. The number of likely N-dealkylation sites (tertiary alicyclic amines) is 1. The molecule has 8 heteroatoms. The van der Waals surface area contributed by atoms with Gasteiger partial charge in [0.15, 0.2) is 17.2 Å². The lowest BCUT2D eigenvalue weighted by molar-refractivity contribution is 0.221. The molecule has 2 amide bonds. The summed E-state index contributed by atoms with van der Waals surface area (Å²) in [4.78, 5) is 23.9. The largest absolute Gasteiger partial charge is 0.494 e. The quantitative estimate of drug-likeness (QED) is 0.514. The third-order valence-electron chi connectivity index (χ3n) is 5.42. The first-order valence-corrected chi connectivity index (χ1v) is 10.4. The fourth-order valence-electron chi connectivity index (χ4n) is 4.00. The zero-order valence-electron chi connectivity index (χ0n) is 17.2. The minimum Gasteiger partial charge on any atom is -0.494 e. The Bertz CT molecular complexity index is 1180. The van der Waals surface area contributed by atoms with Gasteiger partial charge in [-0.3, -0.25) is 0 Å². The highest BCUT2D eigenvalue weighted by atomic mass is 16.5. The Kier molecular flexibility index (Phi) is 5.03. The number of imidazole rings is 1. The summed E-state index contributed by atoms with van der Waals surface area (Å²) in [6, 6.07) is 14.9. The van der Waals surface area contributed by atoms with Gasteiger partial charge in [0.05, 0.1) is 18.9 Å². The predicted octanol–water partition coefficient (Wildman–Crippen LogP) is 4.57. The smallest absolute Gasteiger partial charge is 0.321 e. The standard InChI is InChI=1S/C23H23N5O3/c1-2-30-18-9-7-16(8-10-18)25-23(29)27-13-11-17(15-27)28-21-19(5-3-12-24-21)26-22(28)20-6-4-14-31-20/h3-10,12,14,17H,2,11,13,15H2,1H3,(H,25,29). The number of hydrogen-bond acceptors (Lipinski definition) is 5. The Balaban J connectivity index is 1.35. The Hall–Kier alpha value is -3.81. The lowest BCUT2D eigenvalue weighted by Crippen LogP contribution is -2.33. The third kappa shape index (κ3) is 3.72. The number of nitrogens with zero attached hydrogens (tertiary/aromatic N) is 4. The summed E-state index contributed by atoms with van der Waals surface area (Å²) in [6.45, 7) is 3.77. The first-order valence-electron chi connectivity index (χ1n) is 10.4. The molecule has 0 spiro atoms. The molecule has 1 aliphatic rings. The first-order chi connectivity index (χ1) is 15.2. The van der Waals surface area contributed by atoms with Gasteiger partial charge in [0, 0.05) is 25.0 Å². The molecule has 0 saturated carbocycles. The van der Waals surface area contributed by atoms with Crippen molar-refractivity contribution >= 4 is 22.9 Å². The molecule has 1 unspecified atom stereocenters. The summed E-state index contributed by atoms with van der Waals surface area (Å²) >= 11 is 0. The van der Waals surface area contributed by atoms with Crippen LogP contribution in [0.3, 0.4) is 0 Å². The number of rotatable bonds is 5. The molecule has 1 atom stereocenters. The van der Waals surface area contributed by atoms with E-state index in [1.807, 2.05) is 60.4 Å². The molecule has 1 fully saturated rings. The number of urea groups is 1. The monoisotopic (exact) mass is 417 g/mol. The van der Waals surface area contributed by atoms with Gasteiger partial charge in [-0.25, -0.2) is 14.8 Å². The second-order valence-electron chi connectivity index (χ2n) is 7.40. The van der Waals surface area contributed by atoms with Crippen LogP contribution in [0.1, 0.15) is 19.4 Å². The summed E-state index contributed by atoms with van der Waals surface area (Å²) in [6.07, 6.45) is 4.21. The maximum Gasteiger partial charge on any atom is 0.321 e. The normalized spacial score (nSPS) is 16.0. The zero-order valence-corrected chi connectivity index (χ0v) is 17.2. The van der Waals surface area contributed by atoms with Crippen molar-refractivity contribution in [3.05, 3.63) is 61.0 Å². The fraction of sp³-hybridized carbons (Fsp3) is 0.261. The van der Waals surface area contributed by atoms with Crippen LogP contribution in [0.2, 0.25) is 0 Å². The Morgan fingerprint density at radius 1 is 1.23 bits per heavy atom. The fourth-order valence-corrected chi connectivity index (χ4v) is 4.00. The number of furan rings is 1. The molecule has 158 valence electrons. The second kappa shape index (κ2) is 8.14. The van der Waals surface area contributed by atoms with Crippen LogP contribution >= 0.6 is 0 Å². The predicted molar refractivity (Wildman–Crippen MR) is 117 cm³/mol. The van der Waals surface area contributed by atoms with Crippen LogP contribution in [-0.4, -0.2) is 45.2 Å². The van der Waals surface area contributed by atoms with Gasteiger partial charge < -0.3 is 23.9 Å². The average molecular weight is 417 g/mol. The van der Waals surface area contributed by atoms with Crippen molar-refractivity contribution in [3.8, 4) is 17.3 Å². The van der Waals surface area contributed by atoms with E-state index in [4.69, 9.17) is 14.1 Å². The molecular weight excluding hydrogens is 394 g/mol. The summed E-state index contributed by atoms with van der Waals surface area (Å²) in [5, 5.41) is 2.97. The molecule has 1 saturated heterocycles. The third-order valence-corrected chi connectivity index (χ3v) is 5.42. The molecule has 0 aliphatic carbocycles. The SMILES string of the molecule is CCOc1ccc(NC(=O)N2CCC(n3c(-c4ccco4)nc4cccnc43)C2)cc1. The molecule has 1 aliphatic heterocycles. The van der Waals surface area contributed by atoms with Gasteiger partial charge in [0.25, 0.3) is 0 Å². The van der Waals surface area contributed by atoms with E-state index in [9.17, 15) is 4.79 Å². The van der Waals surface area contributed by atoms with Crippen molar-refractivity contribution in [1.82, 2.24) is 19.4 Å². The average Bonchev–Trinajstić information content (AvgIpc) is 3.53. The lowest BCUT2D eigenvalue weighted by atomic mass is 10.2. The molecule has 31 heavy (non-hydrogen) atoms. The molecule has 8 nitrogen and oxygen atoms in total. The highest BCUT2D eigenvalue weighted by Crippen LogP contribution is 2.32. The van der Waals surface area contributed by atoms with Crippen molar-refractivity contribution in [2.24, 2.45) is 0 Å². The van der Waals surface area contributed by atoms with E-state index in [0.29, 0.717) is 25.5 Å². The number of aromatic nitrogens is 3. The van der Waals surface area contributed by atoms with Crippen molar-refractivity contribution in [2.75, 3.05) is 25.0 Å². The number of benzene rings is 1. The topological polar surface area (TPSA) is 85.4 Å². The number of carbonyl (C=O) groups is 1. The van der Waals surface area contributed by atoms with E-state index in [1.165, 1.54) is 0 Å². The van der Waals surface area contributed by atoms with Gasteiger partial charge in [0.2, 0.25) is 0 Å². The van der Waals surface area contributed by atoms with Crippen LogP contribution in [0.4, 0.5) is 10.5 Å². The molecule has 5 rings (SSSR count). The van der Waals surface area contributed by atoms with Crippen molar-refractivity contribution in [2.45, 2.75) is 19.4 Å². The maximum atomic E-state index is 12.8. The van der Waals surface area contributed by atoms with Crippen LogP contribution < -0.4 is 10.1 Å². The van der Waals surface area contributed by atoms with Gasteiger partial charge in [0.1, 0.15) is 11.3 Å². The first kappa shape index (κ1) is 19.2. The van der Waals surface area contributed by atoms with E-state index in [-0.39, 0.29) is 12.1 Å². The molecule has 4 heterocycles. The molecule has 1 aromatic carbocycles. The highest BCUT2D eigenvalue weighted by molar-refractivity contribution is 5.89. The molecule has 4 aromatic rings. The summed E-state index contributed by atoms with van der Waals surface area (Å²) < 4.78 is 13.2. The van der Waals surface area contributed by atoms with E-state index in [1.54, 1.807) is 12.5 Å². The van der Waals surface area contributed by atoms with E-state index in [2.05, 4.69) is 14.9 Å². The number of pyridine rings is 1. The number of amides is 2. The Labute approximate surface area is 179 Å². The minimum absolute atomic E-state index is 0.0612. The number of nitrogens with one attached hydrogen (secondary N) is 1. The van der Waals surface area contributed by atoms with Crippen LogP contribution in [-0.2, 0) is 0 Å². The molecule has 0 bridgehead atoms. The molecule has 3 aromatic heterocycles. The van der Waals surface area contributed by atoms with E-state index >= 15 is 0 Å². The zero-order chi connectivity index (χ0) is 21.2. The number of carbonyl (C=O) groups excluding carboxylic acids is 1. The van der Waals surface area contributed by atoms with Gasteiger partial charge in [-0.1, -0.05) is 0 Å². The summed E-state index contributed by atoms with van der Waals surface area (Å²) in [7, 11) is 0. The number of ether oxygens (including phenoxy) is 1. The van der Waals surface area contributed by atoms with Crippen LogP contribution in [0.25, 0.3) is 22.7 Å².